The Morgan fingerprint density at radius 3 is 2.50 bits per heavy atom. The molecular weight excluding hydrogens is 430 g/mol. The number of ether oxygens (including phenoxy) is 2. The molecule has 1 aromatic heterocycles. The fourth-order valence-electron chi connectivity index (χ4n) is 3.60. The van der Waals surface area contributed by atoms with Crippen LogP contribution in [-0.4, -0.2) is 38.5 Å². The lowest BCUT2D eigenvalue weighted by Crippen LogP contribution is -2.31. The standard InChI is InChI=1S/C26H29N5O3/c1-18-9-12-22(13-10-18)31-25(28-29-30-31)17-34-23-14-11-20(15-24(23)33-3)16-27-19(2)26(32)21-7-5-4-6-8-21/h4-15,19,26-27,32H,16-17H2,1-3H3. The van der Waals surface area contributed by atoms with Gasteiger partial charge in [-0.2, -0.15) is 4.68 Å². The highest BCUT2D eigenvalue weighted by atomic mass is 16.5. The third-order valence-corrected chi connectivity index (χ3v) is 5.64. The van der Waals surface area contributed by atoms with Gasteiger partial charge in [0.1, 0.15) is 0 Å². The number of nitrogens with one attached hydrogen (secondary N) is 1. The maximum atomic E-state index is 10.6. The first-order valence-electron chi connectivity index (χ1n) is 11.2. The highest BCUT2D eigenvalue weighted by Gasteiger charge is 2.16. The lowest BCUT2D eigenvalue weighted by molar-refractivity contribution is 0.135. The minimum Gasteiger partial charge on any atom is -0.493 e. The van der Waals surface area contributed by atoms with Crippen molar-refractivity contribution in [3.8, 4) is 17.2 Å². The van der Waals surface area contributed by atoms with Crippen LogP contribution in [0.2, 0.25) is 0 Å². The molecule has 0 bridgehead atoms. The largest absolute Gasteiger partial charge is 0.493 e. The average molecular weight is 460 g/mol. The third kappa shape index (κ3) is 5.59. The first kappa shape index (κ1) is 23.4. The summed E-state index contributed by atoms with van der Waals surface area (Å²) in [6.07, 6.45) is -0.592. The van der Waals surface area contributed by atoms with Crippen LogP contribution in [-0.2, 0) is 13.2 Å². The monoisotopic (exact) mass is 459 g/mol. The van der Waals surface area contributed by atoms with Crippen LogP contribution in [0.1, 0.15) is 35.5 Å². The normalized spacial score (nSPS) is 12.8. The van der Waals surface area contributed by atoms with Gasteiger partial charge in [-0.05, 0) is 59.7 Å². The van der Waals surface area contributed by atoms with Crippen LogP contribution < -0.4 is 14.8 Å². The Labute approximate surface area is 199 Å². The van der Waals surface area contributed by atoms with E-state index in [1.807, 2.05) is 86.6 Å². The Hall–Kier alpha value is -3.75. The molecule has 8 nitrogen and oxygen atoms in total. The van der Waals surface area contributed by atoms with Crippen LogP contribution in [0.15, 0.2) is 72.8 Å². The number of nitrogens with zero attached hydrogens (tertiary/aromatic N) is 4. The molecule has 0 fully saturated rings. The molecule has 3 aromatic carbocycles. The molecule has 34 heavy (non-hydrogen) atoms. The van der Waals surface area contributed by atoms with Gasteiger partial charge in [0.2, 0.25) is 0 Å². The SMILES string of the molecule is COc1cc(CNC(C)C(O)c2ccccc2)ccc1OCc1nnnn1-c1ccc(C)cc1. The van der Waals surface area contributed by atoms with Crippen molar-refractivity contribution >= 4 is 0 Å². The summed E-state index contributed by atoms with van der Waals surface area (Å²) < 4.78 is 13.2. The molecule has 0 aliphatic carbocycles. The van der Waals surface area contributed by atoms with Crippen LogP contribution in [0.5, 0.6) is 11.5 Å². The maximum Gasteiger partial charge on any atom is 0.194 e. The van der Waals surface area contributed by atoms with Crippen molar-refractivity contribution < 1.29 is 14.6 Å². The first-order valence-corrected chi connectivity index (χ1v) is 11.2. The molecule has 2 unspecified atom stereocenters. The Morgan fingerprint density at radius 2 is 1.76 bits per heavy atom. The molecule has 0 aliphatic heterocycles. The van der Waals surface area contributed by atoms with Gasteiger partial charge in [-0.3, -0.25) is 0 Å². The molecule has 0 saturated carbocycles. The van der Waals surface area contributed by atoms with E-state index in [4.69, 9.17) is 9.47 Å². The molecule has 1 heterocycles. The van der Waals surface area contributed by atoms with Crippen molar-refractivity contribution in [3.63, 3.8) is 0 Å². The van der Waals surface area contributed by atoms with Gasteiger partial charge in [-0.25, -0.2) is 0 Å². The van der Waals surface area contributed by atoms with Crippen molar-refractivity contribution in [3.05, 3.63) is 95.3 Å². The van der Waals surface area contributed by atoms with Gasteiger partial charge in [0.25, 0.3) is 0 Å². The Balaban J connectivity index is 1.38. The lowest BCUT2D eigenvalue weighted by Gasteiger charge is -2.21. The summed E-state index contributed by atoms with van der Waals surface area (Å²) in [6, 6.07) is 23.2. The van der Waals surface area contributed by atoms with Crippen molar-refractivity contribution in [2.75, 3.05) is 7.11 Å². The summed E-state index contributed by atoms with van der Waals surface area (Å²) in [5.74, 6) is 1.80. The highest BCUT2D eigenvalue weighted by molar-refractivity contribution is 5.43. The van der Waals surface area contributed by atoms with Crippen molar-refractivity contribution in [1.82, 2.24) is 25.5 Å². The maximum absolute atomic E-state index is 10.6. The number of aliphatic hydroxyl groups excluding tert-OH is 1. The number of aryl methyl sites for hydroxylation is 1. The zero-order chi connectivity index (χ0) is 23.9. The van der Waals surface area contributed by atoms with E-state index in [0.29, 0.717) is 23.9 Å². The molecule has 4 rings (SSSR count). The minimum atomic E-state index is -0.592. The van der Waals surface area contributed by atoms with Crippen LogP contribution in [0, 0.1) is 6.92 Å². The molecular formula is C26H29N5O3. The number of rotatable bonds is 10. The summed E-state index contributed by atoms with van der Waals surface area (Å²) in [5, 5.41) is 25.9. The van der Waals surface area contributed by atoms with Crippen molar-refractivity contribution in [2.24, 2.45) is 0 Å². The zero-order valence-corrected chi connectivity index (χ0v) is 19.5. The predicted molar refractivity (Wildman–Crippen MR) is 129 cm³/mol. The smallest absolute Gasteiger partial charge is 0.194 e. The number of aromatic nitrogens is 4. The van der Waals surface area contributed by atoms with E-state index in [1.165, 1.54) is 0 Å². The Kier molecular flexibility index (Phi) is 7.51. The summed E-state index contributed by atoms with van der Waals surface area (Å²) in [7, 11) is 1.61. The molecule has 0 spiro atoms. The molecule has 0 saturated heterocycles. The summed E-state index contributed by atoms with van der Waals surface area (Å²) in [6.45, 7) is 4.76. The van der Waals surface area contributed by atoms with E-state index in [-0.39, 0.29) is 12.6 Å². The van der Waals surface area contributed by atoms with Crippen molar-refractivity contribution in [2.45, 2.75) is 39.1 Å². The molecule has 0 aliphatic rings. The van der Waals surface area contributed by atoms with Crippen molar-refractivity contribution in [1.29, 1.82) is 0 Å². The van der Waals surface area contributed by atoms with Crippen LogP contribution in [0.4, 0.5) is 0 Å². The fourth-order valence-corrected chi connectivity index (χ4v) is 3.60. The molecule has 0 amide bonds. The summed E-state index contributed by atoms with van der Waals surface area (Å²) in [4.78, 5) is 0. The van der Waals surface area contributed by atoms with Crippen LogP contribution >= 0.6 is 0 Å². The topological polar surface area (TPSA) is 94.3 Å². The van der Waals surface area contributed by atoms with E-state index in [0.717, 1.165) is 22.4 Å². The number of tetrazole rings is 1. The quantitative estimate of drug-likeness (QED) is 0.373. The Bertz CT molecular complexity index is 1190. The second kappa shape index (κ2) is 10.9. The van der Waals surface area contributed by atoms with E-state index >= 15 is 0 Å². The number of benzene rings is 3. The average Bonchev–Trinajstić information content (AvgIpc) is 3.35. The predicted octanol–water partition coefficient (Wildman–Crippen LogP) is 3.77. The third-order valence-electron chi connectivity index (χ3n) is 5.64. The molecule has 0 radical (unpaired) electrons. The molecule has 2 N–H and O–H groups in total. The number of methoxy groups -OCH3 is 1. The molecule has 176 valence electrons. The Morgan fingerprint density at radius 1 is 1.00 bits per heavy atom. The van der Waals surface area contributed by atoms with Gasteiger partial charge >= 0.3 is 0 Å². The van der Waals surface area contributed by atoms with Gasteiger partial charge in [0, 0.05) is 12.6 Å². The van der Waals surface area contributed by atoms with Gasteiger partial charge < -0.3 is 19.9 Å². The number of hydrogen-bond donors (Lipinski definition) is 2. The second-order valence-corrected chi connectivity index (χ2v) is 8.14. The van der Waals surface area contributed by atoms with Gasteiger partial charge in [-0.15, -0.1) is 5.10 Å². The fraction of sp³-hybridized carbons (Fsp3) is 0.269. The number of hydrogen-bond acceptors (Lipinski definition) is 7. The van der Waals surface area contributed by atoms with Crippen LogP contribution in [0.3, 0.4) is 0 Å². The van der Waals surface area contributed by atoms with E-state index in [1.54, 1.807) is 11.8 Å². The highest BCUT2D eigenvalue weighted by Crippen LogP contribution is 2.29. The second-order valence-electron chi connectivity index (χ2n) is 8.14. The zero-order valence-electron chi connectivity index (χ0n) is 19.5. The van der Waals surface area contributed by atoms with Crippen LogP contribution in [0.25, 0.3) is 5.69 Å². The van der Waals surface area contributed by atoms with Gasteiger partial charge in [-0.1, -0.05) is 54.1 Å². The summed E-state index contributed by atoms with van der Waals surface area (Å²) >= 11 is 0. The molecule has 2 atom stereocenters. The first-order chi connectivity index (χ1) is 16.5. The van der Waals surface area contributed by atoms with Gasteiger partial charge in [0.15, 0.2) is 23.9 Å². The van der Waals surface area contributed by atoms with E-state index < -0.39 is 6.10 Å². The molecule has 4 aromatic rings. The lowest BCUT2D eigenvalue weighted by atomic mass is 10.0. The minimum absolute atomic E-state index is 0.120. The number of aliphatic hydroxyl groups is 1. The molecule has 8 heteroatoms. The van der Waals surface area contributed by atoms with Gasteiger partial charge in [0.05, 0.1) is 18.9 Å². The van der Waals surface area contributed by atoms with E-state index in [9.17, 15) is 5.11 Å². The summed E-state index contributed by atoms with van der Waals surface area (Å²) in [5.41, 5.74) is 3.94. The van der Waals surface area contributed by atoms with E-state index in [2.05, 4.69) is 20.8 Å².